The van der Waals surface area contributed by atoms with Crippen LogP contribution in [0.1, 0.15) is 37.4 Å². The highest BCUT2D eigenvalue weighted by Crippen LogP contribution is 2.14. The van der Waals surface area contributed by atoms with Gasteiger partial charge in [0.1, 0.15) is 11.6 Å². The van der Waals surface area contributed by atoms with Gasteiger partial charge in [0.2, 0.25) is 0 Å². The highest BCUT2D eigenvalue weighted by molar-refractivity contribution is 5.18. The largest absolute Gasteiger partial charge is 0.468 e. The molecule has 0 amide bonds. The highest BCUT2D eigenvalue weighted by Gasteiger charge is 2.08. The normalized spacial score (nSPS) is 11.0. The van der Waals surface area contributed by atoms with Crippen molar-refractivity contribution in [3.8, 4) is 0 Å². The average molecular weight is 247 g/mol. The first-order chi connectivity index (χ1) is 8.85. The standard InChI is InChI=1S/C14H21N3O/c1-3-5-14-16-7-8-17(14)11-12-6-9-18-13(12)10-15-4-2/h6-9,15H,3-5,10-11H2,1-2H3. The third kappa shape index (κ3) is 3.01. The second-order valence-corrected chi connectivity index (χ2v) is 4.37. The Labute approximate surface area is 108 Å². The van der Waals surface area contributed by atoms with Crippen LogP contribution in [0.25, 0.3) is 0 Å². The lowest BCUT2D eigenvalue weighted by Crippen LogP contribution is -2.13. The molecule has 0 saturated heterocycles. The van der Waals surface area contributed by atoms with Crippen LogP contribution in [0.2, 0.25) is 0 Å². The topological polar surface area (TPSA) is 43.0 Å². The van der Waals surface area contributed by atoms with E-state index in [0.717, 1.165) is 44.1 Å². The maximum Gasteiger partial charge on any atom is 0.122 e. The van der Waals surface area contributed by atoms with Gasteiger partial charge in [-0.25, -0.2) is 4.98 Å². The van der Waals surface area contributed by atoms with Crippen LogP contribution in [-0.4, -0.2) is 16.1 Å². The number of aromatic nitrogens is 2. The molecule has 0 unspecified atom stereocenters. The molecule has 2 aromatic heterocycles. The predicted octanol–water partition coefficient (Wildman–Crippen LogP) is 2.59. The molecule has 0 spiro atoms. The lowest BCUT2D eigenvalue weighted by atomic mass is 10.2. The van der Waals surface area contributed by atoms with Crippen molar-refractivity contribution in [1.29, 1.82) is 0 Å². The second-order valence-electron chi connectivity index (χ2n) is 4.37. The Bertz CT molecular complexity index is 473. The molecule has 2 heterocycles. The van der Waals surface area contributed by atoms with Crippen LogP contribution < -0.4 is 5.32 Å². The van der Waals surface area contributed by atoms with Gasteiger partial charge >= 0.3 is 0 Å². The van der Waals surface area contributed by atoms with Crippen LogP contribution in [0, 0.1) is 0 Å². The van der Waals surface area contributed by atoms with Crippen molar-refractivity contribution in [2.24, 2.45) is 0 Å². The van der Waals surface area contributed by atoms with Crippen LogP contribution in [0.5, 0.6) is 0 Å². The fourth-order valence-corrected chi connectivity index (χ4v) is 2.02. The molecule has 18 heavy (non-hydrogen) atoms. The number of hydrogen-bond donors (Lipinski definition) is 1. The number of nitrogens with zero attached hydrogens (tertiary/aromatic N) is 2. The molecule has 1 N–H and O–H groups in total. The van der Waals surface area contributed by atoms with Crippen molar-refractivity contribution in [2.75, 3.05) is 6.54 Å². The number of hydrogen-bond acceptors (Lipinski definition) is 3. The summed E-state index contributed by atoms with van der Waals surface area (Å²) in [6.45, 7) is 6.85. The van der Waals surface area contributed by atoms with Crippen LogP contribution in [0.4, 0.5) is 0 Å². The number of furan rings is 1. The van der Waals surface area contributed by atoms with Gasteiger partial charge in [-0.2, -0.15) is 0 Å². The third-order valence-electron chi connectivity index (χ3n) is 2.99. The number of nitrogens with one attached hydrogen (secondary N) is 1. The van der Waals surface area contributed by atoms with Crippen LogP contribution in [0.3, 0.4) is 0 Å². The van der Waals surface area contributed by atoms with E-state index in [1.165, 1.54) is 5.56 Å². The molecule has 98 valence electrons. The third-order valence-corrected chi connectivity index (χ3v) is 2.99. The maximum absolute atomic E-state index is 5.52. The molecular formula is C14H21N3O. The summed E-state index contributed by atoms with van der Waals surface area (Å²) in [5.41, 5.74) is 1.23. The molecule has 2 aromatic rings. The van der Waals surface area contributed by atoms with E-state index in [-0.39, 0.29) is 0 Å². The van der Waals surface area contributed by atoms with Crippen molar-refractivity contribution in [2.45, 2.75) is 39.8 Å². The molecule has 0 aliphatic heterocycles. The molecule has 4 heteroatoms. The van der Waals surface area contributed by atoms with E-state index < -0.39 is 0 Å². The van der Waals surface area contributed by atoms with Crippen molar-refractivity contribution >= 4 is 0 Å². The van der Waals surface area contributed by atoms with Gasteiger partial charge in [-0.3, -0.25) is 0 Å². The zero-order valence-corrected chi connectivity index (χ0v) is 11.1. The van der Waals surface area contributed by atoms with Gasteiger partial charge in [0.05, 0.1) is 19.4 Å². The highest BCUT2D eigenvalue weighted by atomic mass is 16.3. The van der Waals surface area contributed by atoms with Crippen molar-refractivity contribution < 1.29 is 4.42 Å². The summed E-state index contributed by atoms with van der Waals surface area (Å²) in [6, 6.07) is 2.04. The molecule has 0 atom stereocenters. The monoisotopic (exact) mass is 247 g/mol. The summed E-state index contributed by atoms with van der Waals surface area (Å²) in [6.07, 6.45) is 7.81. The van der Waals surface area contributed by atoms with Crippen molar-refractivity contribution in [3.63, 3.8) is 0 Å². The maximum atomic E-state index is 5.52. The van der Waals surface area contributed by atoms with Crippen LogP contribution >= 0.6 is 0 Å². The Balaban J connectivity index is 2.08. The van der Waals surface area contributed by atoms with E-state index in [9.17, 15) is 0 Å². The van der Waals surface area contributed by atoms with E-state index >= 15 is 0 Å². The minimum absolute atomic E-state index is 0.788. The summed E-state index contributed by atoms with van der Waals surface area (Å²) in [7, 11) is 0. The van der Waals surface area contributed by atoms with Gasteiger partial charge in [-0.05, 0) is 19.0 Å². The summed E-state index contributed by atoms with van der Waals surface area (Å²) in [5.74, 6) is 2.17. The Morgan fingerprint density at radius 2 is 2.28 bits per heavy atom. The van der Waals surface area contributed by atoms with E-state index in [1.807, 2.05) is 18.5 Å². The Hall–Kier alpha value is -1.55. The zero-order chi connectivity index (χ0) is 12.8. The lowest BCUT2D eigenvalue weighted by Gasteiger charge is -2.07. The van der Waals surface area contributed by atoms with Crippen molar-refractivity contribution in [1.82, 2.24) is 14.9 Å². The number of aryl methyl sites for hydroxylation is 1. The summed E-state index contributed by atoms with van der Waals surface area (Å²) in [5, 5.41) is 3.29. The van der Waals surface area contributed by atoms with E-state index in [4.69, 9.17) is 4.42 Å². The first kappa shape index (κ1) is 12.9. The quantitative estimate of drug-likeness (QED) is 0.817. The summed E-state index contributed by atoms with van der Waals surface area (Å²) in [4.78, 5) is 4.40. The van der Waals surface area contributed by atoms with Gasteiger partial charge in [0.15, 0.2) is 0 Å². The summed E-state index contributed by atoms with van der Waals surface area (Å²) < 4.78 is 7.72. The second kappa shape index (κ2) is 6.40. The Morgan fingerprint density at radius 3 is 3.06 bits per heavy atom. The first-order valence-electron chi connectivity index (χ1n) is 6.61. The molecule has 0 fully saturated rings. The van der Waals surface area contributed by atoms with Gasteiger partial charge < -0.3 is 14.3 Å². The van der Waals surface area contributed by atoms with E-state index in [1.54, 1.807) is 6.26 Å². The lowest BCUT2D eigenvalue weighted by molar-refractivity contribution is 0.480. The molecule has 0 radical (unpaired) electrons. The van der Waals surface area contributed by atoms with Gasteiger partial charge in [-0.15, -0.1) is 0 Å². The first-order valence-corrected chi connectivity index (χ1v) is 6.61. The van der Waals surface area contributed by atoms with Crippen LogP contribution in [-0.2, 0) is 19.5 Å². The molecular weight excluding hydrogens is 226 g/mol. The fourth-order valence-electron chi connectivity index (χ4n) is 2.02. The predicted molar refractivity (Wildman–Crippen MR) is 71.4 cm³/mol. The minimum atomic E-state index is 0.788. The molecule has 0 bridgehead atoms. The van der Waals surface area contributed by atoms with E-state index in [2.05, 4.69) is 28.7 Å². The Kier molecular flexibility index (Phi) is 4.59. The molecule has 4 nitrogen and oxygen atoms in total. The number of rotatable bonds is 7. The summed E-state index contributed by atoms with van der Waals surface area (Å²) >= 11 is 0. The zero-order valence-electron chi connectivity index (χ0n) is 11.1. The fraction of sp³-hybridized carbons (Fsp3) is 0.500. The average Bonchev–Trinajstić information content (AvgIpc) is 2.98. The smallest absolute Gasteiger partial charge is 0.122 e. The molecule has 0 aliphatic carbocycles. The molecule has 2 rings (SSSR count). The van der Waals surface area contributed by atoms with Crippen LogP contribution in [0.15, 0.2) is 29.1 Å². The van der Waals surface area contributed by atoms with Gasteiger partial charge in [0.25, 0.3) is 0 Å². The van der Waals surface area contributed by atoms with Gasteiger partial charge in [0, 0.05) is 24.4 Å². The molecule has 0 saturated carbocycles. The van der Waals surface area contributed by atoms with E-state index in [0.29, 0.717) is 0 Å². The van der Waals surface area contributed by atoms with Gasteiger partial charge in [-0.1, -0.05) is 13.8 Å². The molecule has 0 aromatic carbocycles. The number of imidazole rings is 1. The minimum Gasteiger partial charge on any atom is -0.468 e. The Morgan fingerprint density at radius 1 is 1.39 bits per heavy atom. The SMILES string of the molecule is CCCc1nccn1Cc1ccoc1CNCC. The van der Waals surface area contributed by atoms with Crippen molar-refractivity contribution in [3.05, 3.63) is 41.9 Å². The molecule has 0 aliphatic rings.